The zero-order valence-electron chi connectivity index (χ0n) is 23.1. The van der Waals surface area contributed by atoms with Crippen LogP contribution in [0.2, 0.25) is 0 Å². The van der Waals surface area contributed by atoms with Gasteiger partial charge in [0.25, 0.3) is 0 Å². The second kappa shape index (κ2) is 12.9. The van der Waals surface area contributed by atoms with E-state index in [-0.39, 0.29) is 17.5 Å². The predicted molar refractivity (Wildman–Crippen MR) is 153 cm³/mol. The molecule has 1 aromatic heterocycles. The molecule has 0 fully saturated rings. The van der Waals surface area contributed by atoms with Crippen LogP contribution in [0.3, 0.4) is 0 Å². The van der Waals surface area contributed by atoms with Gasteiger partial charge < -0.3 is 24.4 Å². The van der Waals surface area contributed by atoms with Crippen LogP contribution in [0, 0.1) is 19.7 Å². The zero-order chi connectivity index (χ0) is 28.6. The summed E-state index contributed by atoms with van der Waals surface area (Å²) in [7, 11) is 5.35. The van der Waals surface area contributed by atoms with Crippen LogP contribution in [-0.4, -0.2) is 55.3 Å². The van der Waals surface area contributed by atoms with Gasteiger partial charge in [-0.05, 0) is 63.3 Å². The number of halogens is 1. The summed E-state index contributed by atoms with van der Waals surface area (Å²) in [4.78, 5) is 25.7. The first-order chi connectivity index (χ1) is 19.3. The number of ether oxygens (including phenoxy) is 3. The number of aromatic nitrogens is 2. The molecular formula is C30H32FN5O4. The molecule has 0 atom stereocenters. The highest BCUT2D eigenvalue weighted by molar-refractivity contribution is 5.98. The molecule has 0 unspecified atom stereocenters. The Balaban J connectivity index is 1.63. The molecule has 4 rings (SSSR count). The van der Waals surface area contributed by atoms with Crippen molar-refractivity contribution in [3.8, 4) is 17.2 Å². The van der Waals surface area contributed by atoms with Gasteiger partial charge in [0.2, 0.25) is 5.95 Å². The van der Waals surface area contributed by atoms with E-state index in [1.165, 1.54) is 24.3 Å². The summed E-state index contributed by atoms with van der Waals surface area (Å²) in [6.45, 7) is 4.76. The molecule has 0 aliphatic heterocycles. The minimum Gasteiger partial charge on any atom is -0.495 e. The fourth-order valence-electron chi connectivity index (χ4n) is 3.92. The number of para-hydroxylation sites is 3. The number of carbonyl (C=O) groups excluding carboxylic acids is 1. The number of amides is 1. The van der Waals surface area contributed by atoms with Crippen molar-refractivity contribution in [1.82, 2.24) is 14.9 Å². The van der Waals surface area contributed by atoms with Crippen LogP contribution in [0.4, 0.5) is 32.3 Å². The Morgan fingerprint density at radius 3 is 2.42 bits per heavy atom. The quantitative estimate of drug-likeness (QED) is 0.250. The molecule has 1 heterocycles. The molecule has 208 valence electrons. The van der Waals surface area contributed by atoms with Gasteiger partial charge in [-0.1, -0.05) is 30.3 Å². The average molecular weight is 546 g/mol. The highest BCUT2D eigenvalue weighted by atomic mass is 19.1. The number of carbonyl (C=O) groups is 1. The lowest BCUT2D eigenvalue weighted by Crippen LogP contribution is -2.30. The average Bonchev–Trinajstić information content (AvgIpc) is 2.92. The molecule has 0 radical (unpaired) electrons. The molecule has 9 nitrogen and oxygen atoms in total. The number of benzene rings is 3. The van der Waals surface area contributed by atoms with Crippen LogP contribution < -0.4 is 24.4 Å². The number of anilines is 4. The van der Waals surface area contributed by atoms with Crippen molar-refractivity contribution >= 4 is 29.2 Å². The number of hydrogen-bond donors (Lipinski definition) is 1. The Morgan fingerprint density at radius 1 is 0.975 bits per heavy atom. The first-order valence-electron chi connectivity index (χ1n) is 12.6. The number of rotatable bonds is 10. The molecule has 10 heteroatoms. The number of nitrogens with zero attached hydrogens (tertiary/aromatic N) is 4. The van der Waals surface area contributed by atoms with Gasteiger partial charge in [0.1, 0.15) is 23.9 Å². The summed E-state index contributed by atoms with van der Waals surface area (Å²) >= 11 is 0. The van der Waals surface area contributed by atoms with Crippen molar-refractivity contribution in [3.05, 3.63) is 89.9 Å². The van der Waals surface area contributed by atoms with Crippen LogP contribution >= 0.6 is 0 Å². The summed E-state index contributed by atoms with van der Waals surface area (Å²) in [6, 6.07) is 18.8. The van der Waals surface area contributed by atoms with E-state index in [4.69, 9.17) is 14.2 Å². The van der Waals surface area contributed by atoms with Gasteiger partial charge in [0.05, 0.1) is 12.8 Å². The van der Waals surface area contributed by atoms with Gasteiger partial charge in [0, 0.05) is 30.6 Å². The smallest absolute Gasteiger partial charge is 0.425 e. The molecule has 1 N–H and O–H groups in total. The first-order valence-corrected chi connectivity index (χ1v) is 12.6. The highest BCUT2D eigenvalue weighted by Crippen LogP contribution is 2.35. The standard InChI is InChI=1S/C30H32FN5O4/c1-20-9-8-10-21(2)28(20)40-30(37)36(24-11-6-7-12-26(24)38-5)27-15-16-32-29(34-27)33-22-13-14-25(23(31)19-22)39-18-17-35(3)4/h6-16,19H,17-18H2,1-5H3,(H,32,33,34). The largest absolute Gasteiger partial charge is 0.495 e. The third-order valence-electron chi connectivity index (χ3n) is 5.96. The van der Waals surface area contributed by atoms with E-state index in [1.807, 2.05) is 51.0 Å². The van der Waals surface area contributed by atoms with Crippen molar-refractivity contribution in [2.75, 3.05) is 44.6 Å². The summed E-state index contributed by atoms with van der Waals surface area (Å²) in [5.41, 5.74) is 2.47. The van der Waals surface area contributed by atoms with E-state index in [1.54, 1.807) is 42.5 Å². The second-order valence-corrected chi connectivity index (χ2v) is 9.26. The zero-order valence-corrected chi connectivity index (χ0v) is 23.1. The topological polar surface area (TPSA) is 89.0 Å². The van der Waals surface area contributed by atoms with Crippen LogP contribution in [0.25, 0.3) is 0 Å². The summed E-state index contributed by atoms with van der Waals surface area (Å²) in [5, 5.41) is 2.99. The van der Waals surface area contributed by atoms with Gasteiger partial charge in [-0.25, -0.2) is 19.1 Å². The number of nitrogens with one attached hydrogen (secondary N) is 1. The molecule has 4 aromatic rings. The minimum atomic E-state index is -0.683. The van der Waals surface area contributed by atoms with Crippen molar-refractivity contribution in [3.63, 3.8) is 0 Å². The van der Waals surface area contributed by atoms with Gasteiger partial charge in [0.15, 0.2) is 11.6 Å². The Kier molecular flexibility index (Phi) is 9.13. The maximum absolute atomic E-state index is 14.7. The monoisotopic (exact) mass is 545 g/mol. The number of aryl methyl sites for hydroxylation is 2. The third-order valence-corrected chi connectivity index (χ3v) is 5.96. The predicted octanol–water partition coefficient (Wildman–Crippen LogP) is 6.26. The number of methoxy groups -OCH3 is 1. The fourth-order valence-corrected chi connectivity index (χ4v) is 3.92. The summed E-state index contributed by atoms with van der Waals surface area (Å²) < 4.78 is 31.6. The van der Waals surface area contributed by atoms with E-state index in [0.29, 0.717) is 36.0 Å². The minimum absolute atomic E-state index is 0.151. The van der Waals surface area contributed by atoms with Crippen molar-refractivity contribution < 1.29 is 23.4 Å². The second-order valence-electron chi connectivity index (χ2n) is 9.26. The highest BCUT2D eigenvalue weighted by Gasteiger charge is 2.26. The van der Waals surface area contributed by atoms with Crippen molar-refractivity contribution in [2.24, 2.45) is 0 Å². The Labute approximate surface area is 233 Å². The Hall–Kier alpha value is -4.70. The molecule has 0 saturated carbocycles. The molecule has 0 bridgehead atoms. The lowest BCUT2D eigenvalue weighted by molar-refractivity contribution is 0.209. The number of likely N-dealkylation sites (N-methyl/N-ethyl adjacent to an activating group) is 1. The fraction of sp³-hybridized carbons (Fsp3) is 0.233. The van der Waals surface area contributed by atoms with Gasteiger partial charge in [-0.15, -0.1) is 0 Å². The molecule has 0 saturated heterocycles. The van der Waals surface area contributed by atoms with Gasteiger partial charge in [-0.2, -0.15) is 4.98 Å². The normalized spacial score (nSPS) is 10.8. The van der Waals surface area contributed by atoms with Crippen LogP contribution in [0.5, 0.6) is 17.2 Å². The van der Waals surface area contributed by atoms with E-state index >= 15 is 0 Å². The lowest BCUT2D eigenvalue weighted by atomic mass is 10.1. The van der Waals surface area contributed by atoms with Crippen LogP contribution in [0.1, 0.15) is 11.1 Å². The molecule has 40 heavy (non-hydrogen) atoms. The Morgan fingerprint density at radius 2 is 1.73 bits per heavy atom. The Bertz CT molecular complexity index is 1460. The summed E-state index contributed by atoms with van der Waals surface area (Å²) in [5.74, 6) is 0.913. The van der Waals surface area contributed by atoms with Crippen LogP contribution in [0.15, 0.2) is 72.9 Å². The molecule has 1 amide bonds. The molecule has 0 aliphatic rings. The summed E-state index contributed by atoms with van der Waals surface area (Å²) in [6.07, 6.45) is 0.811. The molecule has 0 aliphatic carbocycles. The van der Waals surface area contributed by atoms with E-state index in [9.17, 15) is 9.18 Å². The maximum atomic E-state index is 14.7. The van der Waals surface area contributed by atoms with Gasteiger partial charge in [-0.3, -0.25) is 0 Å². The van der Waals surface area contributed by atoms with Crippen molar-refractivity contribution in [1.29, 1.82) is 0 Å². The lowest BCUT2D eigenvalue weighted by Gasteiger charge is -2.24. The molecule has 3 aromatic carbocycles. The van der Waals surface area contributed by atoms with E-state index in [2.05, 4.69) is 15.3 Å². The third kappa shape index (κ3) is 6.83. The van der Waals surface area contributed by atoms with E-state index < -0.39 is 11.9 Å². The van der Waals surface area contributed by atoms with Crippen molar-refractivity contribution in [2.45, 2.75) is 13.8 Å². The first kappa shape index (κ1) is 28.3. The van der Waals surface area contributed by atoms with Crippen LogP contribution in [-0.2, 0) is 0 Å². The number of hydrogen-bond acceptors (Lipinski definition) is 8. The maximum Gasteiger partial charge on any atom is 0.425 e. The molecular weight excluding hydrogens is 513 g/mol. The van der Waals surface area contributed by atoms with E-state index in [0.717, 1.165) is 11.1 Å². The molecule has 0 spiro atoms. The van der Waals surface area contributed by atoms with Gasteiger partial charge >= 0.3 is 6.09 Å². The SMILES string of the molecule is COc1ccccc1N(C(=O)Oc1c(C)cccc1C)c1ccnc(Nc2ccc(OCCN(C)C)c(F)c2)n1.